The molecular weight excluding hydrogens is 364 g/mol. The summed E-state index contributed by atoms with van der Waals surface area (Å²) in [6, 6.07) is 12.8. The van der Waals surface area contributed by atoms with Crippen LogP contribution in [0.3, 0.4) is 0 Å². The Kier molecular flexibility index (Phi) is 5.56. The van der Waals surface area contributed by atoms with Gasteiger partial charge in [0.1, 0.15) is 6.54 Å². The van der Waals surface area contributed by atoms with Gasteiger partial charge in [-0.25, -0.2) is 0 Å². The minimum absolute atomic E-state index is 0.0494. The average Bonchev–Trinajstić information content (AvgIpc) is 3.02. The van der Waals surface area contributed by atoms with Crippen LogP contribution in [0.1, 0.15) is 11.1 Å². The number of nitrogens with one attached hydrogen (secondary N) is 2. The number of hydrogen-bond acceptors (Lipinski definition) is 5. The number of benzene rings is 2. The highest BCUT2D eigenvalue weighted by Gasteiger charge is 2.12. The predicted molar refractivity (Wildman–Crippen MR) is 104 cm³/mol. The predicted octanol–water partition coefficient (Wildman–Crippen LogP) is 2.95. The summed E-state index contributed by atoms with van der Waals surface area (Å²) in [5.41, 5.74) is 2.83. The van der Waals surface area contributed by atoms with Gasteiger partial charge in [-0.2, -0.15) is 5.10 Å². The van der Waals surface area contributed by atoms with Crippen LogP contribution >= 0.6 is 12.2 Å². The third-order valence-corrected chi connectivity index (χ3v) is 4.42. The number of aromatic hydroxyl groups is 1. The van der Waals surface area contributed by atoms with Gasteiger partial charge in [0.2, 0.25) is 5.91 Å². The van der Waals surface area contributed by atoms with Crippen molar-refractivity contribution in [1.82, 2.24) is 20.1 Å². The molecule has 1 amide bonds. The van der Waals surface area contributed by atoms with Crippen molar-refractivity contribution in [2.24, 2.45) is 0 Å². The molecule has 3 rings (SSSR count). The van der Waals surface area contributed by atoms with Crippen LogP contribution in [0.4, 0.5) is 0 Å². The Balaban J connectivity index is 1.70. The summed E-state index contributed by atoms with van der Waals surface area (Å²) >= 11 is 5.26. The molecule has 27 heavy (non-hydrogen) atoms. The summed E-state index contributed by atoms with van der Waals surface area (Å²) in [7, 11) is 1.48. The lowest BCUT2D eigenvalue weighted by Crippen LogP contribution is -2.27. The molecular formula is C19H20N4O3S. The Hall–Kier alpha value is -3.13. The van der Waals surface area contributed by atoms with Gasteiger partial charge in [-0.05, 0) is 36.8 Å². The van der Waals surface area contributed by atoms with Crippen LogP contribution in [0.15, 0.2) is 42.5 Å². The molecule has 0 saturated heterocycles. The molecule has 0 bridgehead atoms. The lowest BCUT2D eigenvalue weighted by atomic mass is 10.1. The van der Waals surface area contributed by atoms with Crippen molar-refractivity contribution < 1.29 is 14.6 Å². The molecule has 3 aromatic rings. The van der Waals surface area contributed by atoms with Crippen LogP contribution in [0, 0.1) is 11.7 Å². The molecule has 1 aromatic heterocycles. The number of carbonyl (C=O) groups is 1. The van der Waals surface area contributed by atoms with Gasteiger partial charge >= 0.3 is 0 Å². The number of aromatic amines is 1. The highest BCUT2D eigenvalue weighted by Crippen LogP contribution is 2.26. The van der Waals surface area contributed by atoms with E-state index >= 15 is 0 Å². The molecule has 2 aromatic carbocycles. The molecule has 0 radical (unpaired) electrons. The number of ether oxygens (including phenoxy) is 1. The molecule has 0 fully saturated rings. The zero-order valence-corrected chi connectivity index (χ0v) is 15.8. The summed E-state index contributed by atoms with van der Waals surface area (Å²) in [5.74, 6) is 0.829. The quantitative estimate of drug-likeness (QED) is 0.568. The van der Waals surface area contributed by atoms with E-state index in [1.54, 1.807) is 16.7 Å². The van der Waals surface area contributed by atoms with Gasteiger partial charge in [0, 0.05) is 12.1 Å². The molecule has 0 unspecified atom stereocenters. The van der Waals surface area contributed by atoms with E-state index in [1.165, 1.54) is 13.2 Å². The topological polar surface area (TPSA) is 92.2 Å². The van der Waals surface area contributed by atoms with E-state index in [0.717, 1.165) is 16.7 Å². The highest BCUT2D eigenvalue weighted by molar-refractivity contribution is 7.71. The number of nitrogens with zero attached hydrogens (tertiary/aromatic N) is 2. The fraction of sp³-hybridized carbons (Fsp3) is 0.211. The Morgan fingerprint density at radius 1 is 1.30 bits per heavy atom. The first kappa shape index (κ1) is 18.7. The molecule has 0 saturated carbocycles. The van der Waals surface area contributed by atoms with Crippen molar-refractivity contribution in [1.29, 1.82) is 0 Å². The van der Waals surface area contributed by atoms with Crippen LogP contribution in [-0.2, 0) is 17.9 Å². The molecule has 0 atom stereocenters. The van der Waals surface area contributed by atoms with E-state index in [-0.39, 0.29) is 18.2 Å². The maximum Gasteiger partial charge on any atom is 0.240 e. The zero-order chi connectivity index (χ0) is 19.4. The maximum atomic E-state index is 12.4. The van der Waals surface area contributed by atoms with Crippen LogP contribution in [0.5, 0.6) is 11.5 Å². The van der Waals surface area contributed by atoms with Crippen LogP contribution in [0.2, 0.25) is 0 Å². The lowest BCUT2D eigenvalue weighted by Gasteiger charge is -2.10. The SMILES string of the molecule is COc1cc(CNC(=O)Cn2c(-c3ccc(C)cc3)n[nH]c2=S)ccc1O. The minimum atomic E-state index is -0.201. The monoisotopic (exact) mass is 384 g/mol. The Bertz CT molecular complexity index is 1010. The van der Waals surface area contributed by atoms with E-state index in [9.17, 15) is 9.90 Å². The number of aromatic nitrogens is 3. The Morgan fingerprint density at radius 3 is 2.74 bits per heavy atom. The largest absolute Gasteiger partial charge is 0.504 e. The van der Waals surface area contributed by atoms with Crippen LogP contribution in [-0.4, -0.2) is 32.9 Å². The molecule has 140 valence electrons. The van der Waals surface area contributed by atoms with Crippen molar-refractivity contribution in [3.63, 3.8) is 0 Å². The third-order valence-electron chi connectivity index (χ3n) is 4.10. The molecule has 0 aliphatic rings. The van der Waals surface area contributed by atoms with Crippen LogP contribution in [0.25, 0.3) is 11.4 Å². The van der Waals surface area contributed by atoms with Crippen molar-refractivity contribution in [3.8, 4) is 22.9 Å². The van der Waals surface area contributed by atoms with Crippen LogP contribution < -0.4 is 10.1 Å². The number of phenols is 1. The van der Waals surface area contributed by atoms with Gasteiger partial charge in [0.15, 0.2) is 22.1 Å². The van der Waals surface area contributed by atoms with Gasteiger partial charge in [-0.1, -0.05) is 35.9 Å². The van der Waals surface area contributed by atoms with E-state index in [2.05, 4.69) is 15.5 Å². The number of carbonyl (C=O) groups excluding carboxylic acids is 1. The number of aryl methyl sites for hydroxylation is 1. The summed E-state index contributed by atoms with van der Waals surface area (Å²) < 4.78 is 7.11. The third kappa shape index (κ3) is 4.35. The molecule has 7 nitrogen and oxygen atoms in total. The smallest absolute Gasteiger partial charge is 0.240 e. The second-order valence-electron chi connectivity index (χ2n) is 6.09. The first-order valence-corrected chi connectivity index (χ1v) is 8.73. The normalized spacial score (nSPS) is 10.6. The number of methoxy groups -OCH3 is 1. The second-order valence-corrected chi connectivity index (χ2v) is 6.47. The summed E-state index contributed by atoms with van der Waals surface area (Å²) in [4.78, 5) is 12.4. The number of hydrogen-bond donors (Lipinski definition) is 3. The van der Waals surface area contributed by atoms with Crippen molar-refractivity contribution >= 4 is 18.1 Å². The molecule has 0 aliphatic heterocycles. The van der Waals surface area contributed by atoms with E-state index in [0.29, 0.717) is 22.9 Å². The molecule has 0 aliphatic carbocycles. The van der Waals surface area contributed by atoms with Gasteiger partial charge in [-0.3, -0.25) is 14.5 Å². The van der Waals surface area contributed by atoms with E-state index in [1.807, 2.05) is 31.2 Å². The number of H-pyrrole nitrogens is 1. The fourth-order valence-corrected chi connectivity index (χ4v) is 2.82. The average molecular weight is 384 g/mol. The Morgan fingerprint density at radius 2 is 2.04 bits per heavy atom. The van der Waals surface area contributed by atoms with Crippen molar-refractivity contribution in [3.05, 3.63) is 58.4 Å². The number of phenolic OH excluding ortho intramolecular Hbond substituents is 1. The first-order valence-electron chi connectivity index (χ1n) is 8.32. The molecule has 0 spiro atoms. The lowest BCUT2D eigenvalue weighted by molar-refractivity contribution is -0.121. The summed E-state index contributed by atoms with van der Waals surface area (Å²) in [6.45, 7) is 2.36. The number of amides is 1. The highest BCUT2D eigenvalue weighted by atomic mass is 32.1. The van der Waals surface area contributed by atoms with Crippen molar-refractivity contribution in [2.45, 2.75) is 20.0 Å². The standard InChI is InChI=1S/C19H20N4O3S/c1-12-3-6-14(7-4-12)18-21-22-19(27)23(18)11-17(25)20-10-13-5-8-15(24)16(9-13)26-2/h3-9,24H,10-11H2,1-2H3,(H,20,25)(H,22,27). The molecule has 8 heteroatoms. The minimum Gasteiger partial charge on any atom is -0.504 e. The van der Waals surface area contributed by atoms with Gasteiger partial charge < -0.3 is 15.2 Å². The van der Waals surface area contributed by atoms with Crippen molar-refractivity contribution in [2.75, 3.05) is 7.11 Å². The van der Waals surface area contributed by atoms with Gasteiger partial charge in [0.25, 0.3) is 0 Å². The summed E-state index contributed by atoms with van der Waals surface area (Å²) in [6.07, 6.45) is 0. The summed E-state index contributed by atoms with van der Waals surface area (Å²) in [5, 5.41) is 19.5. The number of rotatable bonds is 6. The fourth-order valence-electron chi connectivity index (χ4n) is 2.62. The molecule has 3 N–H and O–H groups in total. The van der Waals surface area contributed by atoms with E-state index < -0.39 is 0 Å². The Labute approximate surface area is 161 Å². The van der Waals surface area contributed by atoms with E-state index in [4.69, 9.17) is 17.0 Å². The first-order chi connectivity index (χ1) is 13.0. The maximum absolute atomic E-state index is 12.4. The van der Waals surface area contributed by atoms with Gasteiger partial charge in [0.05, 0.1) is 7.11 Å². The van der Waals surface area contributed by atoms with Gasteiger partial charge in [-0.15, -0.1) is 0 Å². The zero-order valence-electron chi connectivity index (χ0n) is 15.0. The second kappa shape index (κ2) is 8.05. The molecule has 1 heterocycles.